The lowest BCUT2D eigenvalue weighted by molar-refractivity contribution is -0.159. The van der Waals surface area contributed by atoms with Crippen molar-refractivity contribution in [3.05, 3.63) is 0 Å². The van der Waals surface area contributed by atoms with E-state index in [0.717, 1.165) is 6.54 Å². The first-order valence-electron chi connectivity index (χ1n) is 11.0. The largest absolute Gasteiger partial charge is 0.481 e. The minimum atomic E-state index is -0.833. The molecule has 0 radical (unpaired) electrons. The van der Waals surface area contributed by atoms with Gasteiger partial charge in [0.05, 0.1) is 6.42 Å². The predicted molar refractivity (Wildman–Crippen MR) is 114 cm³/mol. The van der Waals surface area contributed by atoms with Crippen molar-refractivity contribution >= 4 is 5.97 Å². The number of unbranched alkanes of at least 4 members (excludes halogenated alkanes) is 9. The first-order valence-corrected chi connectivity index (χ1v) is 11.0. The van der Waals surface area contributed by atoms with Gasteiger partial charge in [-0.2, -0.15) is 0 Å². The molecule has 3 unspecified atom stereocenters. The molecule has 0 bridgehead atoms. The van der Waals surface area contributed by atoms with Gasteiger partial charge in [-0.3, -0.25) is 4.79 Å². The number of hydrogen-bond donors (Lipinski definition) is 5. The molecule has 0 aromatic carbocycles. The first-order chi connectivity index (χ1) is 13.2. The molecule has 7 heteroatoms. The number of rotatable bonds is 17. The van der Waals surface area contributed by atoms with Crippen LogP contribution in [-0.4, -0.2) is 63.1 Å². The van der Waals surface area contributed by atoms with Crippen LogP contribution in [0.3, 0.4) is 0 Å². The van der Waals surface area contributed by atoms with Gasteiger partial charge in [0.15, 0.2) is 0 Å². The predicted octanol–water partition coefficient (Wildman–Crippen LogP) is 3.27. The number of nitrogens with one attached hydrogen (secondary N) is 1. The summed E-state index contributed by atoms with van der Waals surface area (Å²) in [4.78, 5) is 11.4. The number of aliphatic carboxylic acids is 1. The van der Waals surface area contributed by atoms with Crippen LogP contribution < -0.4 is 5.32 Å². The Labute approximate surface area is 172 Å². The van der Waals surface area contributed by atoms with Crippen LogP contribution in [0.4, 0.5) is 0 Å². The highest BCUT2D eigenvalue weighted by atomic mass is 16.4. The lowest BCUT2D eigenvalue weighted by atomic mass is 10.1. The molecule has 3 atom stereocenters. The summed E-state index contributed by atoms with van der Waals surface area (Å²) in [5, 5.41) is 38.5. The van der Waals surface area contributed by atoms with Crippen LogP contribution in [0, 0.1) is 0 Å². The number of aliphatic hydroxyl groups excluding tert-OH is 3. The van der Waals surface area contributed by atoms with Crippen molar-refractivity contribution in [3.8, 4) is 0 Å². The van der Waals surface area contributed by atoms with Gasteiger partial charge in [0.2, 0.25) is 0 Å². The first kappa shape index (κ1) is 29.5. The Morgan fingerprint density at radius 1 is 0.750 bits per heavy atom. The van der Waals surface area contributed by atoms with Gasteiger partial charge in [-0.15, -0.1) is 0 Å². The van der Waals surface area contributed by atoms with E-state index in [0.29, 0.717) is 6.54 Å². The summed E-state index contributed by atoms with van der Waals surface area (Å²) in [5.41, 5.74) is 0. The van der Waals surface area contributed by atoms with Crippen LogP contribution in [0.2, 0.25) is 0 Å². The second-order valence-corrected chi connectivity index (χ2v) is 7.42. The molecule has 5 N–H and O–H groups in total. The normalized spacial score (nSPS) is 14.3. The van der Waals surface area contributed by atoms with Crippen molar-refractivity contribution in [2.75, 3.05) is 13.1 Å². The third-order valence-electron chi connectivity index (χ3n) is 4.52. The van der Waals surface area contributed by atoms with Crippen LogP contribution in [0.5, 0.6) is 0 Å². The highest BCUT2D eigenvalue weighted by molar-refractivity contribution is 5.66. The van der Waals surface area contributed by atoms with Gasteiger partial charge in [-0.1, -0.05) is 64.7 Å². The number of aliphatic hydroxyl groups is 3. The summed E-state index contributed by atoms with van der Waals surface area (Å²) >= 11 is 0. The fraction of sp³-hybridized carbons (Fsp3) is 0.952. The minimum absolute atomic E-state index is 0.234. The quantitative estimate of drug-likeness (QED) is 0.186. The Bertz CT molecular complexity index is 320. The van der Waals surface area contributed by atoms with Crippen molar-refractivity contribution in [1.29, 1.82) is 0 Å². The van der Waals surface area contributed by atoms with Gasteiger partial charge in [-0.05, 0) is 33.7 Å². The maximum Gasteiger partial charge on any atom is 0.304 e. The number of hydrogen-bond acceptors (Lipinski definition) is 6. The van der Waals surface area contributed by atoms with Gasteiger partial charge in [0, 0.05) is 6.54 Å². The van der Waals surface area contributed by atoms with E-state index in [4.69, 9.17) is 20.4 Å². The number of nitrogens with zero attached hydrogens (tertiary/aromatic N) is 1. The van der Waals surface area contributed by atoms with E-state index in [1.807, 2.05) is 0 Å². The van der Waals surface area contributed by atoms with Crippen LogP contribution in [0.1, 0.15) is 98.3 Å². The Balaban J connectivity index is 0. The van der Waals surface area contributed by atoms with Gasteiger partial charge in [0.1, 0.15) is 18.7 Å². The lowest BCUT2D eigenvalue weighted by Gasteiger charge is -2.30. The van der Waals surface area contributed by atoms with Gasteiger partial charge >= 0.3 is 5.97 Å². The third kappa shape index (κ3) is 21.6. The van der Waals surface area contributed by atoms with Gasteiger partial charge in [0.25, 0.3) is 0 Å². The van der Waals surface area contributed by atoms with E-state index < -0.39 is 24.7 Å². The lowest BCUT2D eigenvalue weighted by Crippen LogP contribution is -2.45. The zero-order valence-corrected chi connectivity index (χ0v) is 18.6. The summed E-state index contributed by atoms with van der Waals surface area (Å²) < 4.78 is 0. The maximum atomic E-state index is 10.3. The summed E-state index contributed by atoms with van der Waals surface area (Å²) in [6.45, 7) is 8.28. The number of carbonyl (C=O) groups is 1. The SMILES string of the molecule is CC(O)N(C(C)O)C(C)O.CCCCCCCCCCCCNCCC(=O)O. The van der Waals surface area contributed by atoms with E-state index in [9.17, 15) is 4.79 Å². The topological polar surface area (TPSA) is 113 Å². The molecule has 0 amide bonds. The number of carboxylic acids is 1. The highest BCUT2D eigenvalue weighted by Gasteiger charge is 2.20. The molecule has 0 aliphatic rings. The van der Waals surface area contributed by atoms with Crippen LogP contribution in [0.15, 0.2) is 0 Å². The molecule has 0 rings (SSSR count). The Morgan fingerprint density at radius 3 is 1.46 bits per heavy atom. The standard InChI is InChI=1S/C15H31NO2.C6H15NO3/c1-2-3-4-5-6-7-8-9-10-11-13-16-14-12-15(17)18;1-4(8)7(5(2)9)6(3)10/h16H,2-14H2,1H3,(H,17,18);4-6,8-10H,1-3H3. The zero-order valence-electron chi connectivity index (χ0n) is 18.6. The van der Waals surface area contributed by atoms with Crippen LogP contribution in [-0.2, 0) is 4.79 Å². The fourth-order valence-corrected chi connectivity index (χ4v) is 2.99. The van der Waals surface area contributed by atoms with Gasteiger partial charge < -0.3 is 25.7 Å². The molecule has 0 aromatic rings. The highest BCUT2D eigenvalue weighted by Crippen LogP contribution is 2.10. The van der Waals surface area contributed by atoms with E-state index in [2.05, 4.69) is 12.2 Å². The maximum absolute atomic E-state index is 10.3. The molecule has 0 spiro atoms. The second-order valence-electron chi connectivity index (χ2n) is 7.42. The summed E-state index contributed by atoms with van der Waals surface area (Å²) in [6, 6.07) is 0. The Hall–Kier alpha value is -0.730. The molecule has 28 heavy (non-hydrogen) atoms. The average molecular weight is 407 g/mol. The summed E-state index contributed by atoms with van der Waals surface area (Å²) in [5.74, 6) is -0.717. The van der Waals surface area contributed by atoms with Crippen molar-refractivity contribution in [2.24, 2.45) is 0 Å². The average Bonchev–Trinajstić information content (AvgIpc) is 2.58. The molecule has 0 aromatic heterocycles. The molecular weight excluding hydrogens is 360 g/mol. The van der Waals surface area contributed by atoms with Crippen molar-refractivity contribution in [3.63, 3.8) is 0 Å². The second kappa shape index (κ2) is 21.0. The van der Waals surface area contributed by atoms with Crippen LogP contribution >= 0.6 is 0 Å². The summed E-state index contributed by atoms with van der Waals surface area (Å²) in [6.07, 6.45) is 11.2. The molecule has 170 valence electrons. The van der Waals surface area contributed by atoms with E-state index >= 15 is 0 Å². The van der Waals surface area contributed by atoms with Crippen molar-refractivity contribution < 1.29 is 25.2 Å². The smallest absolute Gasteiger partial charge is 0.304 e. The fourth-order valence-electron chi connectivity index (χ4n) is 2.99. The van der Waals surface area contributed by atoms with E-state index in [1.165, 1.54) is 89.9 Å². The van der Waals surface area contributed by atoms with Crippen LogP contribution in [0.25, 0.3) is 0 Å². The Kier molecular flexibility index (Phi) is 22.1. The Morgan fingerprint density at radius 2 is 1.14 bits per heavy atom. The minimum Gasteiger partial charge on any atom is -0.481 e. The van der Waals surface area contributed by atoms with Crippen molar-refractivity contribution in [1.82, 2.24) is 10.2 Å². The third-order valence-corrected chi connectivity index (χ3v) is 4.52. The van der Waals surface area contributed by atoms with Gasteiger partial charge in [-0.25, -0.2) is 4.90 Å². The molecule has 0 fully saturated rings. The molecule has 0 saturated carbocycles. The molecule has 7 nitrogen and oxygen atoms in total. The van der Waals surface area contributed by atoms with Crippen molar-refractivity contribution in [2.45, 2.75) is 117 Å². The molecule has 0 saturated heterocycles. The number of carboxylic acid groups (broad SMARTS) is 1. The monoisotopic (exact) mass is 406 g/mol. The van der Waals surface area contributed by atoms with E-state index in [1.54, 1.807) is 0 Å². The van der Waals surface area contributed by atoms with E-state index in [-0.39, 0.29) is 6.42 Å². The molecule has 0 heterocycles. The summed E-state index contributed by atoms with van der Waals surface area (Å²) in [7, 11) is 0. The molecule has 0 aliphatic carbocycles. The molecular formula is C21H46N2O5. The zero-order chi connectivity index (χ0) is 21.8. The molecule has 0 aliphatic heterocycles.